The SMILES string of the molecule is C=CC(=O)NC(C)(C)CC(C)(NCC1CC(S(C)(=O)=O)C1)c1nnnn1Cc1ccccc1. The summed E-state index contributed by atoms with van der Waals surface area (Å²) in [6.07, 6.45) is 4.36. The van der Waals surface area contributed by atoms with Gasteiger partial charge >= 0.3 is 0 Å². The minimum Gasteiger partial charge on any atom is -0.348 e. The summed E-state index contributed by atoms with van der Waals surface area (Å²) in [5.74, 6) is 0.667. The maximum Gasteiger partial charge on any atom is 0.243 e. The maximum absolute atomic E-state index is 12.0. The summed E-state index contributed by atoms with van der Waals surface area (Å²) >= 11 is 0. The molecule has 1 aromatic carbocycles. The van der Waals surface area contributed by atoms with Crippen LogP contribution in [0.15, 0.2) is 43.0 Å². The fraction of sp³-hybridized carbons (Fsp3) is 0.565. The van der Waals surface area contributed by atoms with E-state index in [-0.39, 0.29) is 17.1 Å². The van der Waals surface area contributed by atoms with Gasteiger partial charge in [-0.1, -0.05) is 36.9 Å². The molecule has 10 heteroatoms. The van der Waals surface area contributed by atoms with Crippen LogP contribution in [0, 0.1) is 5.92 Å². The molecule has 33 heavy (non-hydrogen) atoms. The second-order valence-corrected chi connectivity index (χ2v) is 12.2. The van der Waals surface area contributed by atoms with Crippen molar-refractivity contribution in [1.82, 2.24) is 30.8 Å². The van der Waals surface area contributed by atoms with E-state index < -0.39 is 20.9 Å². The lowest BCUT2D eigenvalue weighted by atomic mass is 9.81. The lowest BCUT2D eigenvalue weighted by Gasteiger charge is -2.41. The summed E-state index contributed by atoms with van der Waals surface area (Å²) in [7, 11) is -3.00. The Morgan fingerprint density at radius 2 is 1.91 bits per heavy atom. The number of amides is 1. The Morgan fingerprint density at radius 3 is 2.52 bits per heavy atom. The predicted molar refractivity (Wildman–Crippen MR) is 127 cm³/mol. The summed E-state index contributed by atoms with van der Waals surface area (Å²) in [4.78, 5) is 12.0. The average Bonchev–Trinajstić information content (AvgIpc) is 3.14. The van der Waals surface area contributed by atoms with Crippen LogP contribution < -0.4 is 10.6 Å². The second-order valence-electron chi connectivity index (χ2n) is 9.90. The van der Waals surface area contributed by atoms with Crippen LogP contribution in [-0.4, -0.2) is 58.1 Å². The molecule has 0 saturated heterocycles. The van der Waals surface area contributed by atoms with Crippen molar-refractivity contribution >= 4 is 15.7 Å². The molecule has 1 aliphatic rings. The van der Waals surface area contributed by atoms with Crippen LogP contribution in [0.1, 0.15) is 51.4 Å². The van der Waals surface area contributed by atoms with Gasteiger partial charge in [0.1, 0.15) is 9.84 Å². The Morgan fingerprint density at radius 1 is 1.24 bits per heavy atom. The quantitative estimate of drug-likeness (QED) is 0.477. The summed E-state index contributed by atoms with van der Waals surface area (Å²) in [5.41, 5.74) is -0.180. The van der Waals surface area contributed by atoms with E-state index in [2.05, 4.69) is 32.7 Å². The largest absolute Gasteiger partial charge is 0.348 e. The van der Waals surface area contributed by atoms with Gasteiger partial charge in [0.2, 0.25) is 5.91 Å². The third kappa shape index (κ3) is 6.48. The fourth-order valence-corrected chi connectivity index (χ4v) is 5.80. The van der Waals surface area contributed by atoms with Gasteiger partial charge in [-0.3, -0.25) is 4.79 Å². The Balaban J connectivity index is 1.82. The third-order valence-corrected chi connectivity index (χ3v) is 7.82. The Kier molecular flexibility index (Phi) is 7.38. The number of nitrogens with one attached hydrogen (secondary N) is 2. The van der Waals surface area contributed by atoms with Crippen molar-refractivity contribution in [3.05, 3.63) is 54.4 Å². The number of nitrogens with zero attached hydrogens (tertiary/aromatic N) is 4. The van der Waals surface area contributed by atoms with Gasteiger partial charge in [-0.05, 0) is 74.6 Å². The van der Waals surface area contributed by atoms with E-state index in [0.29, 0.717) is 38.2 Å². The van der Waals surface area contributed by atoms with Crippen molar-refractivity contribution in [1.29, 1.82) is 0 Å². The second kappa shape index (κ2) is 9.72. The summed E-state index contributed by atoms with van der Waals surface area (Å²) in [6, 6.07) is 9.94. The number of sulfone groups is 1. The van der Waals surface area contributed by atoms with Crippen molar-refractivity contribution in [2.24, 2.45) is 5.92 Å². The number of aromatic nitrogens is 4. The highest BCUT2D eigenvalue weighted by Gasteiger charge is 2.41. The predicted octanol–water partition coefficient (Wildman–Crippen LogP) is 1.82. The third-order valence-electron chi connectivity index (χ3n) is 6.22. The van der Waals surface area contributed by atoms with Crippen LogP contribution in [0.5, 0.6) is 0 Å². The highest BCUT2D eigenvalue weighted by molar-refractivity contribution is 7.91. The van der Waals surface area contributed by atoms with Gasteiger partial charge in [0, 0.05) is 11.8 Å². The van der Waals surface area contributed by atoms with Crippen molar-refractivity contribution < 1.29 is 13.2 Å². The molecule has 1 amide bonds. The van der Waals surface area contributed by atoms with E-state index in [1.54, 1.807) is 4.68 Å². The molecule has 180 valence electrons. The molecule has 1 unspecified atom stereocenters. The minimum absolute atomic E-state index is 0.249. The molecular weight excluding hydrogens is 440 g/mol. The van der Waals surface area contributed by atoms with Crippen molar-refractivity contribution in [2.45, 2.75) is 62.9 Å². The van der Waals surface area contributed by atoms with Crippen LogP contribution in [0.4, 0.5) is 0 Å². The van der Waals surface area contributed by atoms with Crippen LogP contribution in [0.2, 0.25) is 0 Å². The monoisotopic (exact) mass is 474 g/mol. The molecule has 0 spiro atoms. The van der Waals surface area contributed by atoms with E-state index in [1.165, 1.54) is 12.3 Å². The highest BCUT2D eigenvalue weighted by atomic mass is 32.2. The number of carbonyl (C=O) groups is 1. The van der Waals surface area contributed by atoms with Crippen LogP contribution in [-0.2, 0) is 26.7 Å². The van der Waals surface area contributed by atoms with E-state index >= 15 is 0 Å². The lowest BCUT2D eigenvalue weighted by molar-refractivity contribution is -0.118. The van der Waals surface area contributed by atoms with Crippen LogP contribution in [0.3, 0.4) is 0 Å². The first-order chi connectivity index (χ1) is 15.4. The first-order valence-corrected chi connectivity index (χ1v) is 13.1. The Labute approximate surface area is 196 Å². The number of tetrazole rings is 1. The molecule has 2 N–H and O–H groups in total. The summed E-state index contributed by atoms with van der Waals surface area (Å²) in [5, 5.41) is 18.8. The van der Waals surface area contributed by atoms with Gasteiger partial charge in [0.25, 0.3) is 0 Å². The molecule has 1 aromatic heterocycles. The molecule has 1 saturated carbocycles. The zero-order valence-electron chi connectivity index (χ0n) is 19.8. The number of benzene rings is 1. The van der Waals surface area contributed by atoms with Gasteiger partial charge in [0.15, 0.2) is 5.82 Å². The van der Waals surface area contributed by atoms with E-state index in [9.17, 15) is 13.2 Å². The molecule has 1 fully saturated rings. The normalized spacial score (nSPS) is 20.5. The standard InChI is InChI=1S/C23H34N6O3S/c1-6-20(30)25-22(2,3)16-23(4,24-14-18-12-19(13-18)33(5,31)32)21-26-27-28-29(21)15-17-10-8-7-9-11-17/h6-11,18-19,24H,1,12-16H2,2-5H3,(H,25,30). The number of hydrogen-bond donors (Lipinski definition) is 2. The summed E-state index contributed by atoms with van der Waals surface area (Å²) in [6.45, 7) is 10.6. The smallest absolute Gasteiger partial charge is 0.243 e. The molecule has 0 aliphatic heterocycles. The van der Waals surface area contributed by atoms with E-state index in [1.807, 2.05) is 51.1 Å². The van der Waals surface area contributed by atoms with Gasteiger partial charge in [-0.25, -0.2) is 13.1 Å². The molecule has 1 heterocycles. The van der Waals surface area contributed by atoms with E-state index in [4.69, 9.17) is 0 Å². The molecule has 1 atom stereocenters. The van der Waals surface area contributed by atoms with Gasteiger partial charge in [0.05, 0.1) is 17.3 Å². The van der Waals surface area contributed by atoms with Gasteiger partial charge in [-0.15, -0.1) is 5.10 Å². The number of rotatable bonds is 11. The fourth-order valence-electron chi connectivity index (χ4n) is 4.56. The summed E-state index contributed by atoms with van der Waals surface area (Å²) < 4.78 is 25.3. The molecule has 0 radical (unpaired) electrons. The van der Waals surface area contributed by atoms with Crippen molar-refractivity contribution in [3.8, 4) is 0 Å². The zero-order valence-corrected chi connectivity index (χ0v) is 20.6. The number of carbonyl (C=O) groups excluding carboxylic acids is 1. The zero-order chi connectivity index (χ0) is 24.3. The van der Waals surface area contributed by atoms with Gasteiger partial charge in [-0.2, -0.15) is 0 Å². The molecule has 2 aromatic rings. The first-order valence-electron chi connectivity index (χ1n) is 11.1. The topological polar surface area (TPSA) is 119 Å². The van der Waals surface area contributed by atoms with Crippen LogP contribution in [0.25, 0.3) is 0 Å². The molecule has 0 bridgehead atoms. The van der Waals surface area contributed by atoms with Gasteiger partial charge < -0.3 is 10.6 Å². The minimum atomic E-state index is -3.00. The van der Waals surface area contributed by atoms with E-state index in [0.717, 1.165) is 5.56 Å². The van der Waals surface area contributed by atoms with Crippen molar-refractivity contribution in [2.75, 3.05) is 12.8 Å². The Bertz CT molecular complexity index is 1080. The molecule has 3 rings (SSSR count). The van der Waals surface area contributed by atoms with Crippen molar-refractivity contribution in [3.63, 3.8) is 0 Å². The Hall–Kier alpha value is -2.59. The molecule has 9 nitrogen and oxygen atoms in total. The van der Waals surface area contributed by atoms with Crippen LogP contribution >= 0.6 is 0 Å². The maximum atomic E-state index is 12.0. The average molecular weight is 475 g/mol. The first kappa shape index (κ1) is 25.0. The highest BCUT2D eigenvalue weighted by Crippen LogP contribution is 2.35. The lowest BCUT2D eigenvalue weighted by Crippen LogP contribution is -2.54. The molecular formula is C23H34N6O3S. The number of hydrogen-bond acceptors (Lipinski definition) is 7. The molecule has 1 aliphatic carbocycles.